The Bertz CT molecular complexity index is 624. The number of benzene rings is 1. The van der Waals surface area contributed by atoms with Crippen LogP contribution in [0, 0.1) is 5.41 Å². The second kappa shape index (κ2) is 3.16. The maximum absolute atomic E-state index is 12.1. The topological polar surface area (TPSA) is 80.4 Å². The smallest absolute Gasteiger partial charge is 0.317 e. The van der Waals surface area contributed by atoms with Crippen LogP contribution in [0.4, 0.5) is 0 Å². The average Bonchev–Trinajstić information content (AvgIpc) is 3.00. The maximum Gasteiger partial charge on any atom is 0.317 e. The summed E-state index contributed by atoms with van der Waals surface area (Å²) >= 11 is 0. The average molecular weight is 231 g/mol. The van der Waals surface area contributed by atoms with Crippen molar-refractivity contribution < 1.29 is 19.1 Å². The molecule has 0 radical (unpaired) electrons. The molecule has 17 heavy (non-hydrogen) atoms. The number of oxazole rings is 1. The molecule has 1 aromatic heterocycles. The SMILES string of the molecule is O=C(O)C1(C(=O)c2ccc3ncoc3c2)CC1. The molecule has 0 unspecified atom stereocenters. The fourth-order valence-corrected chi connectivity index (χ4v) is 1.94. The molecule has 0 amide bonds. The third-order valence-corrected chi connectivity index (χ3v) is 3.19. The summed E-state index contributed by atoms with van der Waals surface area (Å²) in [7, 11) is 0. The number of ketones is 1. The van der Waals surface area contributed by atoms with E-state index >= 15 is 0 Å². The first-order valence-electron chi connectivity index (χ1n) is 5.25. The van der Waals surface area contributed by atoms with E-state index in [1.54, 1.807) is 18.2 Å². The van der Waals surface area contributed by atoms with Crippen LogP contribution in [0.3, 0.4) is 0 Å². The molecule has 1 saturated carbocycles. The Kier molecular flexibility index (Phi) is 1.86. The molecule has 5 nitrogen and oxygen atoms in total. The Morgan fingerprint density at radius 3 is 2.76 bits per heavy atom. The van der Waals surface area contributed by atoms with Crippen LogP contribution < -0.4 is 0 Å². The van der Waals surface area contributed by atoms with Gasteiger partial charge in [0.15, 0.2) is 17.8 Å². The van der Waals surface area contributed by atoms with Gasteiger partial charge in [-0.25, -0.2) is 4.98 Å². The molecule has 0 bridgehead atoms. The highest BCUT2D eigenvalue weighted by atomic mass is 16.4. The highest BCUT2D eigenvalue weighted by Crippen LogP contribution is 2.48. The van der Waals surface area contributed by atoms with E-state index in [0.29, 0.717) is 29.5 Å². The second-order valence-corrected chi connectivity index (χ2v) is 4.25. The van der Waals surface area contributed by atoms with Crippen molar-refractivity contribution in [2.24, 2.45) is 5.41 Å². The van der Waals surface area contributed by atoms with Crippen molar-refractivity contribution in [3.05, 3.63) is 30.2 Å². The number of hydrogen-bond donors (Lipinski definition) is 1. The van der Waals surface area contributed by atoms with Crippen LogP contribution in [0.2, 0.25) is 0 Å². The van der Waals surface area contributed by atoms with Crippen LogP contribution in [0.5, 0.6) is 0 Å². The zero-order valence-corrected chi connectivity index (χ0v) is 8.84. The zero-order chi connectivity index (χ0) is 12.0. The number of aromatic nitrogens is 1. The number of nitrogens with zero attached hydrogens (tertiary/aromatic N) is 1. The Balaban J connectivity index is 2.04. The fraction of sp³-hybridized carbons (Fsp3) is 0.250. The molecule has 1 aliphatic carbocycles. The van der Waals surface area contributed by atoms with E-state index in [4.69, 9.17) is 9.52 Å². The van der Waals surface area contributed by atoms with Crippen LogP contribution in [-0.4, -0.2) is 21.8 Å². The number of carbonyl (C=O) groups excluding carboxylic acids is 1. The summed E-state index contributed by atoms with van der Waals surface area (Å²) in [6, 6.07) is 4.80. The van der Waals surface area contributed by atoms with Crippen LogP contribution in [0.1, 0.15) is 23.2 Å². The summed E-state index contributed by atoms with van der Waals surface area (Å²) in [5, 5.41) is 9.05. The Morgan fingerprint density at radius 1 is 1.35 bits per heavy atom. The quantitative estimate of drug-likeness (QED) is 0.644. The first-order valence-corrected chi connectivity index (χ1v) is 5.25. The van der Waals surface area contributed by atoms with Crippen LogP contribution in [0.25, 0.3) is 11.1 Å². The first kappa shape index (κ1) is 10.0. The van der Waals surface area contributed by atoms with Gasteiger partial charge in [0, 0.05) is 5.56 Å². The molecule has 86 valence electrons. The number of Topliss-reactive ketones (excluding diaryl/α,β-unsaturated/α-hetero) is 1. The normalized spacial score (nSPS) is 16.9. The largest absolute Gasteiger partial charge is 0.480 e. The lowest BCUT2D eigenvalue weighted by atomic mass is 9.95. The summed E-state index contributed by atoms with van der Waals surface area (Å²) < 4.78 is 5.09. The van der Waals surface area contributed by atoms with Crippen molar-refractivity contribution in [3.8, 4) is 0 Å². The Morgan fingerprint density at radius 2 is 2.12 bits per heavy atom. The maximum atomic E-state index is 12.1. The Labute approximate surface area is 96.1 Å². The summed E-state index contributed by atoms with van der Waals surface area (Å²) in [5.74, 6) is -1.39. The van der Waals surface area contributed by atoms with Crippen LogP contribution in [0.15, 0.2) is 29.0 Å². The summed E-state index contributed by atoms with van der Waals surface area (Å²) in [6.07, 6.45) is 2.12. The standard InChI is InChI=1S/C12H9NO4/c14-10(12(3-4-12)11(15)16)7-1-2-8-9(5-7)17-6-13-8/h1-2,5-6H,3-4H2,(H,15,16). The van der Waals surface area contributed by atoms with Gasteiger partial charge in [-0.1, -0.05) is 0 Å². The Hall–Kier alpha value is -2.17. The van der Waals surface area contributed by atoms with Crippen molar-refractivity contribution in [1.29, 1.82) is 0 Å². The minimum atomic E-state index is -1.20. The molecule has 5 heteroatoms. The molecule has 1 aromatic carbocycles. The van der Waals surface area contributed by atoms with Gasteiger partial charge in [0.25, 0.3) is 0 Å². The number of carboxylic acid groups (broad SMARTS) is 1. The molecular weight excluding hydrogens is 222 g/mol. The molecular formula is C12H9NO4. The highest BCUT2D eigenvalue weighted by Gasteiger charge is 2.56. The number of rotatable bonds is 3. The molecule has 0 aliphatic heterocycles. The van der Waals surface area contributed by atoms with Crippen molar-refractivity contribution in [3.63, 3.8) is 0 Å². The minimum Gasteiger partial charge on any atom is -0.480 e. The molecule has 0 atom stereocenters. The first-order chi connectivity index (χ1) is 8.13. The minimum absolute atomic E-state index is 0.344. The molecule has 0 spiro atoms. The molecule has 1 N–H and O–H groups in total. The van der Waals surface area contributed by atoms with Gasteiger partial charge in [-0.2, -0.15) is 0 Å². The third-order valence-electron chi connectivity index (χ3n) is 3.19. The van der Waals surface area contributed by atoms with E-state index in [1.807, 2.05) is 0 Å². The number of carboxylic acids is 1. The van der Waals surface area contributed by atoms with Gasteiger partial charge < -0.3 is 9.52 Å². The number of aliphatic carboxylic acids is 1. The predicted molar refractivity (Wildman–Crippen MR) is 57.6 cm³/mol. The molecule has 1 fully saturated rings. The van der Waals surface area contributed by atoms with Gasteiger partial charge in [0.2, 0.25) is 0 Å². The lowest BCUT2D eigenvalue weighted by Crippen LogP contribution is -2.25. The van der Waals surface area contributed by atoms with E-state index in [1.165, 1.54) is 6.39 Å². The van der Waals surface area contributed by atoms with E-state index in [0.717, 1.165) is 0 Å². The predicted octanol–water partition coefficient (Wildman–Crippen LogP) is 1.88. The number of fused-ring (bicyclic) bond motifs is 1. The monoisotopic (exact) mass is 231 g/mol. The van der Waals surface area contributed by atoms with Crippen molar-refractivity contribution in [1.82, 2.24) is 4.98 Å². The summed E-state index contributed by atoms with van der Waals surface area (Å²) in [4.78, 5) is 27.1. The molecule has 3 rings (SSSR count). The van der Waals surface area contributed by atoms with Gasteiger partial charge in [0.1, 0.15) is 10.9 Å². The number of carbonyl (C=O) groups is 2. The van der Waals surface area contributed by atoms with Crippen LogP contribution in [-0.2, 0) is 4.79 Å². The van der Waals surface area contributed by atoms with E-state index in [-0.39, 0.29) is 5.78 Å². The third kappa shape index (κ3) is 1.35. The highest BCUT2D eigenvalue weighted by molar-refractivity contribution is 6.15. The lowest BCUT2D eigenvalue weighted by Gasteiger charge is -2.07. The van der Waals surface area contributed by atoms with Gasteiger partial charge in [-0.15, -0.1) is 0 Å². The van der Waals surface area contributed by atoms with Crippen molar-refractivity contribution in [2.75, 3.05) is 0 Å². The molecule has 1 aliphatic rings. The van der Waals surface area contributed by atoms with Gasteiger partial charge >= 0.3 is 5.97 Å². The van der Waals surface area contributed by atoms with Gasteiger partial charge in [-0.3, -0.25) is 9.59 Å². The van der Waals surface area contributed by atoms with Gasteiger partial charge in [0.05, 0.1) is 0 Å². The molecule has 0 saturated heterocycles. The second-order valence-electron chi connectivity index (χ2n) is 4.25. The molecule has 1 heterocycles. The van der Waals surface area contributed by atoms with Gasteiger partial charge in [-0.05, 0) is 31.0 Å². The van der Waals surface area contributed by atoms with Crippen molar-refractivity contribution in [2.45, 2.75) is 12.8 Å². The zero-order valence-electron chi connectivity index (χ0n) is 8.84. The van der Waals surface area contributed by atoms with E-state index < -0.39 is 11.4 Å². The number of hydrogen-bond acceptors (Lipinski definition) is 4. The van der Waals surface area contributed by atoms with Crippen LogP contribution >= 0.6 is 0 Å². The van der Waals surface area contributed by atoms with E-state index in [2.05, 4.69) is 4.98 Å². The lowest BCUT2D eigenvalue weighted by molar-refractivity contribution is -0.141. The van der Waals surface area contributed by atoms with Crippen molar-refractivity contribution >= 4 is 22.9 Å². The summed E-state index contributed by atoms with van der Waals surface area (Å²) in [6.45, 7) is 0. The summed E-state index contributed by atoms with van der Waals surface area (Å²) in [5.41, 5.74) is 0.321. The molecule has 2 aromatic rings. The van der Waals surface area contributed by atoms with E-state index in [9.17, 15) is 9.59 Å². The fourth-order valence-electron chi connectivity index (χ4n) is 1.94.